The molecule has 158 valence electrons. The van der Waals surface area contributed by atoms with E-state index in [0.29, 0.717) is 12.0 Å². The van der Waals surface area contributed by atoms with Crippen LogP contribution >= 0.6 is 0 Å². The maximum absolute atomic E-state index is 13.4. The van der Waals surface area contributed by atoms with Crippen LogP contribution in [0.1, 0.15) is 57.3 Å². The van der Waals surface area contributed by atoms with Crippen LogP contribution in [0.3, 0.4) is 0 Å². The number of halogens is 3. The molecule has 3 nitrogen and oxygen atoms in total. The lowest BCUT2D eigenvalue weighted by Gasteiger charge is -2.33. The predicted molar refractivity (Wildman–Crippen MR) is 108 cm³/mol. The number of hydrogen-bond acceptors (Lipinski definition) is 2. The van der Waals surface area contributed by atoms with Gasteiger partial charge in [-0.2, -0.15) is 13.2 Å². The zero-order valence-electron chi connectivity index (χ0n) is 17.0. The largest absolute Gasteiger partial charge is 0.416 e. The Morgan fingerprint density at radius 3 is 2.10 bits per heavy atom. The average Bonchev–Trinajstić information content (AvgIpc) is 2.68. The van der Waals surface area contributed by atoms with E-state index in [1.165, 1.54) is 12.1 Å². The minimum atomic E-state index is -4.44. The van der Waals surface area contributed by atoms with Gasteiger partial charge < -0.3 is 10.0 Å². The first-order valence-electron chi connectivity index (χ1n) is 9.90. The third-order valence-electron chi connectivity index (χ3n) is 4.93. The number of alkyl halides is 3. The molecule has 0 unspecified atom stereocenters. The number of anilines is 1. The minimum absolute atomic E-state index is 0.131. The van der Waals surface area contributed by atoms with Gasteiger partial charge in [0.25, 0.3) is 0 Å². The van der Waals surface area contributed by atoms with Gasteiger partial charge >= 0.3 is 6.18 Å². The Balaban J connectivity index is 2.34. The van der Waals surface area contributed by atoms with Crippen molar-refractivity contribution < 1.29 is 23.1 Å². The summed E-state index contributed by atoms with van der Waals surface area (Å²) in [7, 11) is 0. The van der Waals surface area contributed by atoms with Crippen LogP contribution in [0.4, 0.5) is 18.9 Å². The average molecular weight is 407 g/mol. The fourth-order valence-corrected chi connectivity index (χ4v) is 3.39. The van der Waals surface area contributed by atoms with Crippen molar-refractivity contribution in [3.8, 4) is 0 Å². The van der Waals surface area contributed by atoms with E-state index < -0.39 is 23.8 Å². The maximum Gasteiger partial charge on any atom is 0.416 e. The number of benzene rings is 2. The molecule has 0 fully saturated rings. The lowest BCUT2D eigenvalue weighted by atomic mass is 9.89. The molecular weight excluding hydrogens is 379 g/mol. The molecule has 0 radical (unpaired) electrons. The standard InChI is InChI=1S/C23H28F3NO2/c1-4-5-11-20(21(28)17-12-14-18(15-13-17)23(24,25)26)22(29)27(16(2)3)19-9-7-6-8-10-19/h6-10,12-16,20-21,28H,4-5,11H2,1-3H3/t20-,21-/m1/s1. The van der Waals surface area contributed by atoms with Crippen LogP contribution in [0.15, 0.2) is 54.6 Å². The van der Waals surface area contributed by atoms with E-state index in [2.05, 4.69) is 0 Å². The summed E-state index contributed by atoms with van der Waals surface area (Å²) < 4.78 is 38.5. The molecule has 0 aliphatic rings. The van der Waals surface area contributed by atoms with Gasteiger partial charge in [0, 0.05) is 11.7 Å². The summed E-state index contributed by atoms with van der Waals surface area (Å²) in [5.41, 5.74) is 0.260. The Morgan fingerprint density at radius 2 is 1.62 bits per heavy atom. The molecule has 29 heavy (non-hydrogen) atoms. The summed E-state index contributed by atoms with van der Waals surface area (Å²) in [6, 6.07) is 13.5. The van der Waals surface area contributed by atoms with Crippen LogP contribution in [0.2, 0.25) is 0 Å². The van der Waals surface area contributed by atoms with Crippen LogP contribution in [0.25, 0.3) is 0 Å². The highest BCUT2D eigenvalue weighted by Gasteiger charge is 2.34. The van der Waals surface area contributed by atoms with Crippen LogP contribution in [0.5, 0.6) is 0 Å². The van der Waals surface area contributed by atoms with Crippen LogP contribution < -0.4 is 4.90 Å². The molecule has 0 heterocycles. The van der Waals surface area contributed by atoms with Crippen molar-refractivity contribution >= 4 is 11.6 Å². The van der Waals surface area contributed by atoms with Gasteiger partial charge in [0.1, 0.15) is 0 Å². The van der Waals surface area contributed by atoms with Crippen molar-refractivity contribution in [1.82, 2.24) is 0 Å². The highest BCUT2D eigenvalue weighted by Crippen LogP contribution is 2.34. The van der Waals surface area contributed by atoms with Crippen molar-refractivity contribution in [2.45, 2.75) is 58.4 Å². The normalized spacial score (nSPS) is 13.9. The Hall–Kier alpha value is -2.34. The first-order valence-corrected chi connectivity index (χ1v) is 9.90. The molecule has 6 heteroatoms. The molecule has 0 aromatic heterocycles. The number of amides is 1. The smallest absolute Gasteiger partial charge is 0.388 e. The monoisotopic (exact) mass is 407 g/mol. The van der Waals surface area contributed by atoms with E-state index in [1.807, 2.05) is 51.1 Å². The van der Waals surface area contributed by atoms with Crippen LogP contribution in [-0.2, 0) is 11.0 Å². The summed E-state index contributed by atoms with van der Waals surface area (Å²) in [6.45, 7) is 5.78. The number of hydrogen-bond donors (Lipinski definition) is 1. The molecule has 0 bridgehead atoms. The molecule has 2 rings (SSSR count). The van der Waals surface area contributed by atoms with Crippen molar-refractivity contribution in [3.63, 3.8) is 0 Å². The van der Waals surface area contributed by atoms with E-state index in [-0.39, 0.29) is 11.9 Å². The third kappa shape index (κ3) is 5.82. The van der Waals surface area contributed by atoms with E-state index in [0.717, 1.165) is 30.7 Å². The number of carbonyl (C=O) groups is 1. The number of aliphatic hydroxyl groups is 1. The van der Waals surface area contributed by atoms with Crippen molar-refractivity contribution in [1.29, 1.82) is 0 Å². The van der Waals surface area contributed by atoms with Gasteiger partial charge in [0.05, 0.1) is 17.6 Å². The fourth-order valence-electron chi connectivity index (χ4n) is 3.39. The van der Waals surface area contributed by atoms with Crippen LogP contribution in [-0.4, -0.2) is 17.1 Å². The van der Waals surface area contributed by atoms with E-state index in [1.54, 1.807) is 4.90 Å². The topological polar surface area (TPSA) is 40.5 Å². The summed E-state index contributed by atoms with van der Waals surface area (Å²) in [4.78, 5) is 15.1. The number of rotatable bonds is 8. The number of unbranched alkanes of at least 4 members (excludes halogenated alkanes) is 1. The number of carbonyl (C=O) groups excluding carboxylic acids is 1. The zero-order valence-corrected chi connectivity index (χ0v) is 17.0. The second kappa shape index (κ2) is 9.92. The molecule has 1 N–H and O–H groups in total. The molecule has 0 spiro atoms. The fraction of sp³-hybridized carbons (Fsp3) is 0.435. The molecule has 0 saturated heterocycles. The molecule has 0 aliphatic heterocycles. The molecule has 0 aliphatic carbocycles. The number of nitrogens with zero attached hydrogens (tertiary/aromatic N) is 1. The lowest BCUT2D eigenvalue weighted by Crippen LogP contribution is -2.43. The molecule has 2 aromatic rings. The van der Waals surface area contributed by atoms with Gasteiger partial charge in [0.15, 0.2) is 0 Å². The quantitative estimate of drug-likeness (QED) is 0.584. The summed E-state index contributed by atoms with van der Waals surface area (Å²) in [5.74, 6) is -0.971. The van der Waals surface area contributed by atoms with E-state index in [4.69, 9.17) is 0 Å². The lowest BCUT2D eigenvalue weighted by molar-refractivity contribution is -0.137. The third-order valence-corrected chi connectivity index (χ3v) is 4.93. The van der Waals surface area contributed by atoms with Gasteiger partial charge in [-0.05, 0) is 50.1 Å². The Kier molecular flexibility index (Phi) is 7.85. The highest BCUT2D eigenvalue weighted by atomic mass is 19.4. The van der Waals surface area contributed by atoms with Gasteiger partial charge in [-0.25, -0.2) is 0 Å². The maximum atomic E-state index is 13.4. The number of aliphatic hydroxyl groups excluding tert-OH is 1. The van der Waals surface area contributed by atoms with Crippen molar-refractivity contribution in [3.05, 3.63) is 65.7 Å². The van der Waals surface area contributed by atoms with Crippen LogP contribution in [0, 0.1) is 5.92 Å². The first-order chi connectivity index (χ1) is 13.7. The molecule has 1 amide bonds. The summed E-state index contributed by atoms with van der Waals surface area (Å²) in [5, 5.41) is 10.9. The van der Waals surface area contributed by atoms with Crippen molar-refractivity contribution in [2.24, 2.45) is 5.92 Å². The molecule has 2 atom stereocenters. The second-order valence-corrected chi connectivity index (χ2v) is 7.45. The van der Waals surface area contributed by atoms with Gasteiger partial charge in [-0.1, -0.05) is 50.1 Å². The zero-order chi connectivity index (χ0) is 21.6. The second-order valence-electron chi connectivity index (χ2n) is 7.45. The Bertz CT molecular complexity index is 773. The van der Waals surface area contributed by atoms with Gasteiger partial charge in [-0.3, -0.25) is 4.79 Å². The first kappa shape index (κ1) is 22.9. The van der Waals surface area contributed by atoms with Crippen molar-refractivity contribution in [2.75, 3.05) is 4.90 Å². The highest BCUT2D eigenvalue weighted by molar-refractivity contribution is 5.96. The van der Waals surface area contributed by atoms with E-state index >= 15 is 0 Å². The Labute approximate surface area is 170 Å². The minimum Gasteiger partial charge on any atom is -0.388 e. The summed E-state index contributed by atoms with van der Waals surface area (Å²) >= 11 is 0. The summed E-state index contributed by atoms with van der Waals surface area (Å²) in [6.07, 6.45) is -3.59. The number of para-hydroxylation sites is 1. The van der Waals surface area contributed by atoms with Gasteiger partial charge in [0.2, 0.25) is 5.91 Å². The van der Waals surface area contributed by atoms with E-state index in [9.17, 15) is 23.1 Å². The molecule has 2 aromatic carbocycles. The van der Waals surface area contributed by atoms with Gasteiger partial charge in [-0.15, -0.1) is 0 Å². The Morgan fingerprint density at radius 1 is 1.03 bits per heavy atom. The molecule has 0 saturated carbocycles. The SMILES string of the molecule is CCCC[C@@H](C(=O)N(c1ccccc1)C(C)C)[C@H](O)c1ccc(C(F)(F)F)cc1. The molecular formula is C23H28F3NO2. The predicted octanol–water partition coefficient (Wildman–Crippen LogP) is 5.99.